The Bertz CT molecular complexity index is 3440. The van der Waals surface area contributed by atoms with Crippen molar-refractivity contribution in [2.75, 3.05) is 0 Å². The molecule has 4 fully saturated rings. The summed E-state index contributed by atoms with van der Waals surface area (Å²) in [6.45, 7) is 0. The lowest BCUT2D eigenvalue weighted by molar-refractivity contribution is -0.0399. The lowest BCUT2D eigenvalue weighted by Crippen LogP contribution is -2.55. The Morgan fingerprint density at radius 1 is 0.300 bits per heavy atom. The van der Waals surface area contributed by atoms with E-state index in [1.807, 2.05) is 134 Å². The maximum atomic E-state index is 5.13. The number of hydrogen-bond acceptors (Lipinski definition) is 8. The second-order valence-electron chi connectivity index (χ2n) is 19.6. The van der Waals surface area contributed by atoms with Crippen LogP contribution < -0.4 is 0 Å². The molecule has 6 aromatic carbocycles. The quantitative estimate of drug-likeness (QED) is 0.149. The Hall–Kier alpha value is -8.36. The number of pyridine rings is 2. The SMILES string of the molecule is c1ccc(-c2nc(-c3ccccc3)nc(-c3ccc(-c4ccc5c(c4)-c4ccc(-c6ccc(-c7nc(-c8ccccc8)nc(-c8ccccc8)n7)cn6)cc4C54C5CC6CC(C5)CC4C6)nc3)n2)cc1. The fourth-order valence-electron chi connectivity index (χ4n) is 12.8. The van der Waals surface area contributed by atoms with Crippen LogP contribution in [0.1, 0.15) is 43.2 Å². The summed E-state index contributed by atoms with van der Waals surface area (Å²) in [5.41, 5.74) is 15.2. The van der Waals surface area contributed by atoms with E-state index in [1.54, 1.807) is 0 Å². The third-order valence-corrected chi connectivity index (χ3v) is 15.7. The summed E-state index contributed by atoms with van der Waals surface area (Å²) in [5.74, 6) is 6.68. The number of rotatable bonds is 8. The van der Waals surface area contributed by atoms with E-state index in [4.69, 9.17) is 39.9 Å². The standard InChI is InChI=1S/C62H46N8/c1-5-13-40(14-6-1)56-65-57(41-15-7-2-8-16-41)68-60(67-56)46-23-27-54(63-36-46)44-22-26-52-51(34-44)50-25-21-45(35-53(50)62(52)48-30-38-29-39(32-48)33-49(62)31-38)55-28-24-47(37-64-55)61-69-58(42-17-9-3-10-18-42)66-59(70-61)43-19-11-4-12-20-43/h1-28,34-39,48-49H,29-33H2. The van der Waals surface area contributed by atoms with Gasteiger partial charge in [0.2, 0.25) is 0 Å². The number of fused-ring (bicyclic) bond motifs is 3. The molecule has 0 N–H and O–H groups in total. The molecule has 4 bridgehead atoms. The van der Waals surface area contributed by atoms with Crippen molar-refractivity contribution in [1.82, 2.24) is 39.9 Å². The van der Waals surface area contributed by atoms with Crippen LogP contribution in [0.3, 0.4) is 0 Å². The molecule has 70 heavy (non-hydrogen) atoms. The third-order valence-electron chi connectivity index (χ3n) is 15.7. The van der Waals surface area contributed by atoms with Crippen LogP contribution in [0, 0.1) is 23.7 Å². The van der Waals surface area contributed by atoms with Crippen LogP contribution in [-0.4, -0.2) is 39.9 Å². The molecule has 10 aromatic rings. The minimum Gasteiger partial charge on any atom is -0.255 e. The molecule has 4 heterocycles. The first kappa shape index (κ1) is 40.7. The molecule has 8 nitrogen and oxygen atoms in total. The molecule has 15 rings (SSSR count). The van der Waals surface area contributed by atoms with Gasteiger partial charge in [-0.05, 0) is 114 Å². The Balaban J connectivity index is 0.823. The number of hydrogen-bond donors (Lipinski definition) is 0. The first-order valence-corrected chi connectivity index (χ1v) is 24.6. The Kier molecular flexibility index (Phi) is 9.54. The van der Waals surface area contributed by atoms with Crippen LogP contribution >= 0.6 is 0 Å². The molecule has 0 radical (unpaired) electrons. The number of benzene rings is 6. The summed E-state index contributed by atoms with van der Waals surface area (Å²) in [6, 6.07) is 63.2. The van der Waals surface area contributed by atoms with Gasteiger partial charge in [0.1, 0.15) is 0 Å². The zero-order valence-electron chi connectivity index (χ0n) is 38.4. The Morgan fingerprint density at radius 2 is 0.671 bits per heavy atom. The molecule has 8 heteroatoms. The average molecular weight is 903 g/mol. The first-order valence-electron chi connectivity index (χ1n) is 24.6. The maximum Gasteiger partial charge on any atom is 0.165 e. The highest BCUT2D eigenvalue weighted by Gasteiger charge is 2.61. The van der Waals surface area contributed by atoms with Gasteiger partial charge < -0.3 is 0 Å². The molecular formula is C62H46N8. The van der Waals surface area contributed by atoms with Gasteiger partial charge >= 0.3 is 0 Å². The van der Waals surface area contributed by atoms with Gasteiger partial charge in [0, 0.05) is 62.3 Å². The lowest BCUT2D eigenvalue weighted by atomic mass is 9.43. The summed E-state index contributed by atoms with van der Waals surface area (Å²) < 4.78 is 0. The lowest BCUT2D eigenvalue weighted by Gasteiger charge is -2.61. The number of nitrogens with zero attached hydrogens (tertiary/aromatic N) is 8. The summed E-state index contributed by atoms with van der Waals surface area (Å²) in [6.07, 6.45) is 10.5. The summed E-state index contributed by atoms with van der Waals surface area (Å²) in [5, 5.41) is 0. The molecule has 0 atom stereocenters. The fourth-order valence-corrected chi connectivity index (χ4v) is 12.8. The first-order chi connectivity index (χ1) is 34.6. The second kappa shape index (κ2) is 16.4. The molecular weight excluding hydrogens is 857 g/mol. The highest BCUT2D eigenvalue weighted by molar-refractivity contribution is 5.87. The zero-order valence-corrected chi connectivity index (χ0v) is 38.4. The van der Waals surface area contributed by atoms with Crippen molar-refractivity contribution < 1.29 is 0 Å². The molecule has 0 amide bonds. The summed E-state index contributed by atoms with van der Waals surface area (Å²) in [7, 11) is 0. The van der Waals surface area contributed by atoms with E-state index in [-0.39, 0.29) is 5.41 Å². The minimum absolute atomic E-state index is 0.0119. The zero-order chi connectivity index (χ0) is 46.2. The smallest absolute Gasteiger partial charge is 0.165 e. The van der Waals surface area contributed by atoms with Gasteiger partial charge in [0.15, 0.2) is 34.9 Å². The molecule has 5 aliphatic rings. The van der Waals surface area contributed by atoms with Crippen LogP contribution in [0.2, 0.25) is 0 Å². The van der Waals surface area contributed by atoms with E-state index in [1.165, 1.54) is 54.4 Å². The Labute approximate surface area is 406 Å². The van der Waals surface area contributed by atoms with Gasteiger partial charge in [-0.2, -0.15) is 0 Å². The van der Waals surface area contributed by atoms with Crippen molar-refractivity contribution in [2.24, 2.45) is 23.7 Å². The van der Waals surface area contributed by atoms with E-state index in [0.717, 1.165) is 67.7 Å². The largest absolute Gasteiger partial charge is 0.255 e. The molecule has 5 aliphatic carbocycles. The van der Waals surface area contributed by atoms with Gasteiger partial charge in [0.05, 0.1) is 11.4 Å². The van der Waals surface area contributed by atoms with Gasteiger partial charge in [-0.15, -0.1) is 0 Å². The van der Waals surface area contributed by atoms with Crippen molar-refractivity contribution in [3.63, 3.8) is 0 Å². The summed E-state index contributed by atoms with van der Waals surface area (Å²) in [4.78, 5) is 39.9. The van der Waals surface area contributed by atoms with Crippen molar-refractivity contribution in [2.45, 2.75) is 37.5 Å². The van der Waals surface area contributed by atoms with Gasteiger partial charge in [-0.1, -0.05) is 146 Å². The van der Waals surface area contributed by atoms with E-state index in [2.05, 4.69) is 60.7 Å². The molecule has 4 aromatic heterocycles. The second-order valence-corrected chi connectivity index (χ2v) is 19.6. The van der Waals surface area contributed by atoms with Crippen LogP contribution in [0.4, 0.5) is 0 Å². The highest BCUT2D eigenvalue weighted by atomic mass is 15.0. The van der Waals surface area contributed by atoms with Crippen molar-refractivity contribution >= 4 is 0 Å². The van der Waals surface area contributed by atoms with E-state index >= 15 is 0 Å². The van der Waals surface area contributed by atoms with E-state index < -0.39 is 0 Å². The monoisotopic (exact) mass is 902 g/mol. The van der Waals surface area contributed by atoms with Crippen LogP contribution in [-0.2, 0) is 5.41 Å². The van der Waals surface area contributed by atoms with Crippen molar-refractivity contribution in [3.8, 4) is 102 Å². The van der Waals surface area contributed by atoms with Crippen LogP contribution in [0.15, 0.2) is 194 Å². The molecule has 4 saturated carbocycles. The van der Waals surface area contributed by atoms with E-state index in [0.29, 0.717) is 46.8 Å². The normalized spacial score (nSPS) is 20.3. The topological polar surface area (TPSA) is 103 Å². The fraction of sp³-hybridized carbons (Fsp3) is 0.161. The highest BCUT2D eigenvalue weighted by Crippen LogP contribution is 2.69. The van der Waals surface area contributed by atoms with E-state index in [9.17, 15) is 0 Å². The predicted octanol–water partition coefficient (Wildman–Crippen LogP) is 13.9. The average Bonchev–Trinajstić information content (AvgIpc) is 3.72. The Morgan fingerprint density at radius 3 is 1.07 bits per heavy atom. The van der Waals surface area contributed by atoms with Gasteiger partial charge in [-0.25, -0.2) is 29.9 Å². The van der Waals surface area contributed by atoms with Gasteiger partial charge in [0.25, 0.3) is 0 Å². The van der Waals surface area contributed by atoms with Crippen molar-refractivity contribution in [3.05, 3.63) is 206 Å². The maximum absolute atomic E-state index is 5.13. The molecule has 0 aliphatic heterocycles. The van der Waals surface area contributed by atoms with Crippen LogP contribution in [0.5, 0.6) is 0 Å². The van der Waals surface area contributed by atoms with Crippen LogP contribution in [0.25, 0.3) is 102 Å². The molecule has 1 spiro atoms. The minimum atomic E-state index is -0.0119. The molecule has 334 valence electrons. The molecule has 0 saturated heterocycles. The van der Waals surface area contributed by atoms with Crippen molar-refractivity contribution in [1.29, 1.82) is 0 Å². The third kappa shape index (κ3) is 6.80. The van der Waals surface area contributed by atoms with Gasteiger partial charge in [-0.3, -0.25) is 9.97 Å². The number of aromatic nitrogens is 8. The molecule has 0 unspecified atom stereocenters. The summed E-state index contributed by atoms with van der Waals surface area (Å²) >= 11 is 0. The predicted molar refractivity (Wildman–Crippen MR) is 276 cm³/mol.